The number of hydrogen-bond acceptors (Lipinski definition) is 3. The maximum atomic E-state index is 11.9. The number of carbonyl (C=O) groups excluding carboxylic acids is 1. The van der Waals surface area contributed by atoms with Crippen molar-refractivity contribution in [3.8, 4) is 0 Å². The summed E-state index contributed by atoms with van der Waals surface area (Å²) in [6, 6.07) is 4.42. The van der Waals surface area contributed by atoms with Gasteiger partial charge in [0.25, 0.3) is 0 Å². The van der Waals surface area contributed by atoms with Gasteiger partial charge >= 0.3 is 0 Å². The number of carbonyl (C=O) groups is 1. The summed E-state index contributed by atoms with van der Waals surface area (Å²) >= 11 is 1.66. The Hall–Kier alpha value is -0.870. The predicted octanol–water partition coefficient (Wildman–Crippen LogP) is 1.50. The molecule has 1 unspecified atom stereocenters. The van der Waals surface area contributed by atoms with Crippen molar-refractivity contribution in [2.24, 2.45) is 5.92 Å². The molecule has 4 rings (SSSR count). The Morgan fingerprint density at radius 3 is 2.88 bits per heavy atom. The molecule has 3 saturated heterocycles. The lowest BCUT2D eigenvalue weighted by Crippen LogP contribution is -2.57. The number of piperidine rings is 3. The SMILES string of the molecule is O=C(Cc1cccs1)NC1CN2CCC1CC2. The van der Waals surface area contributed by atoms with E-state index in [9.17, 15) is 4.79 Å². The van der Waals surface area contributed by atoms with E-state index < -0.39 is 0 Å². The standard InChI is InChI=1S/C13H18N2OS/c16-13(8-11-2-1-7-17-11)14-12-9-15-5-3-10(12)4-6-15/h1-2,7,10,12H,3-6,8-9H2,(H,14,16). The van der Waals surface area contributed by atoms with Gasteiger partial charge in [0.05, 0.1) is 6.42 Å². The number of thiophene rings is 1. The van der Waals surface area contributed by atoms with Crippen LogP contribution in [-0.2, 0) is 11.2 Å². The summed E-state index contributed by atoms with van der Waals surface area (Å²) in [7, 11) is 0. The minimum Gasteiger partial charge on any atom is -0.351 e. The second-order valence-corrected chi connectivity index (χ2v) is 6.10. The number of nitrogens with zero attached hydrogens (tertiary/aromatic N) is 1. The minimum atomic E-state index is 0.186. The van der Waals surface area contributed by atoms with Gasteiger partial charge in [-0.15, -0.1) is 11.3 Å². The number of hydrogen-bond donors (Lipinski definition) is 1. The van der Waals surface area contributed by atoms with Crippen molar-refractivity contribution in [2.75, 3.05) is 19.6 Å². The zero-order valence-electron chi connectivity index (χ0n) is 9.89. The van der Waals surface area contributed by atoms with E-state index in [-0.39, 0.29) is 5.91 Å². The molecule has 0 saturated carbocycles. The molecule has 2 bridgehead atoms. The number of amides is 1. The topological polar surface area (TPSA) is 32.3 Å². The van der Waals surface area contributed by atoms with Crippen LogP contribution in [0, 0.1) is 5.92 Å². The molecule has 1 atom stereocenters. The summed E-state index contributed by atoms with van der Waals surface area (Å²) in [6.45, 7) is 3.50. The van der Waals surface area contributed by atoms with Crippen LogP contribution < -0.4 is 5.32 Å². The molecule has 17 heavy (non-hydrogen) atoms. The summed E-state index contributed by atoms with van der Waals surface area (Å²) in [4.78, 5) is 15.6. The predicted molar refractivity (Wildman–Crippen MR) is 69.1 cm³/mol. The lowest BCUT2D eigenvalue weighted by Gasteiger charge is -2.44. The summed E-state index contributed by atoms with van der Waals surface area (Å²) in [5.41, 5.74) is 0. The van der Waals surface area contributed by atoms with E-state index in [2.05, 4.69) is 10.2 Å². The molecule has 92 valence electrons. The molecule has 0 radical (unpaired) electrons. The monoisotopic (exact) mass is 250 g/mol. The molecule has 3 fully saturated rings. The van der Waals surface area contributed by atoms with Crippen molar-refractivity contribution in [1.82, 2.24) is 10.2 Å². The molecule has 4 heterocycles. The van der Waals surface area contributed by atoms with Crippen LogP contribution in [0.5, 0.6) is 0 Å². The van der Waals surface area contributed by atoms with Gasteiger partial charge in [0.15, 0.2) is 0 Å². The molecule has 3 aliphatic heterocycles. The Bertz CT molecular complexity index is 382. The van der Waals surface area contributed by atoms with Crippen LogP contribution in [0.1, 0.15) is 17.7 Å². The van der Waals surface area contributed by atoms with Crippen LogP contribution in [0.2, 0.25) is 0 Å². The van der Waals surface area contributed by atoms with Gasteiger partial charge in [0.1, 0.15) is 0 Å². The third-order valence-electron chi connectivity index (χ3n) is 3.92. The molecular weight excluding hydrogens is 232 g/mol. The fourth-order valence-electron chi connectivity index (χ4n) is 2.96. The van der Waals surface area contributed by atoms with Gasteiger partial charge in [-0.1, -0.05) is 6.07 Å². The Morgan fingerprint density at radius 1 is 1.47 bits per heavy atom. The molecule has 0 aromatic carbocycles. The van der Waals surface area contributed by atoms with Crippen LogP contribution in [-0.4, -0.2) is 36.5 Å². The highest BCUT2D eigenvalue weighted by atomic mass is 32.1. The molecular formula is C13H18N2OS. The normalized spacial score (nSPS) is 31.4. The highest BCUT2D eigenvalue weighted by Crippen LogP contribution is 2.27. The Balaban J connectivity index is 1.55. The van der Waals surface area contributed by atoms with Crippen molar-refractivity contribution in [1.29, 1.82) is 0 Å². The molecule has 0 aliphatic carbocycles. The zero-order chi connectivity index (χ0) is 11.7. The largest absolute Gasteiger partial charge is 0.351 e. The van der Waals surface area contributed by atoms with Crippen molar-refractivity contribution in [3.63, 3.8) is 0 Å². The summed E-state index contributed by atoms with van der Waals surface area (Å²) in [5, 5.41) is 5.24. The smallest absolute Gasteiger partial charge is 0.225 e. The fourth-order valence-corrected chi connectivity index (χ4v) is 3.66. The van der Waals surface area contributed by atoms with E-state index in [4.69, 9.17) is 0 Å². The minimum absolute atomic E-state index is 0.186. The maximum Gasteiger partial charge on any atom is 0.225 e. The fraction of sp³-hybridized carbons (Fsp3) is 0.615. The van der Waals surface area contributed by atoms with Gasteiger partial charge in [-0.25, -0.2) is 0 Å². The van der Waals surface area contributed by atoms with Gasteiger partial charge in [0, 0.05) is 17.5 Å². The highest BCUT2D eigenvalue weighted by Gasteiger charge is 2.34. The molecule has 3 aliphatic rings. The van der Waals surface area contributed by atoms with Gasteiger partial charge in [-0.05, 0) is 43.3 Å². The van der Waals surface area contributed by atoms with Crippen molar-refractivity contribution in [3.05, 3.63) is 22.4 Å². The first-order chi connectivity index (χ1) is 8.31. The summed E-state index contributed by atoms with van der Waals surface area (Å²) in [5.74, 6) is 0.901. The van der Waals surface area contributed by atoms with Crippen molar-refractivity contribution >= 4 is 17.2 Å². The average Bonchev–Trinajstić information content (AvgIpc) is 2.83. The quantitative estimate of drug-likeness (QED) is 0.882. The molecule has 3 nitrogen and oxygen atoms in total. The third kappa shape index (κ3) is 2.53. The summed E-state index contributed by atoms with van der Waals surface area (Å²) in [6.07, 6.45) is 3.05. The zero-order valence-corrected chi connectivity index (χ0v) is 10.7. The highest BCUT2D eigenvalue weighted by molar-refractivity contribution is 7.10. The lowest BCUT2D eigenvalue weighted by molar-refractivity contribution is -0.122. The van der Waals surface area contributed by atoms with Crippen LogP contribution in [0.25, 0.3) is 0 Å². The molecule has 4 heteroatoms. The maximum absolute atomic E-state index is 11.9. The number of rotatable bonds is 3. The van der Waals surface area contributed by atoms with E-state index in [0.29, 0.717) is 18.4 Å². The molecule has 1 aromatic rings. The van der Waals surface area contributed by atoms with E-state index in [0.717, 1.165) is 11.4 Å². The average molecular weight is 250 g/mol. The van der Waals surface area contributed by atoms with E-state index >= 15 is 0 Å². The first-order valence-corrected chi connectivity index (χ1v) is 7.23. The van der Waals surface area contributed by atoms with Crippen LogP contribution in [0.3, 0.4) is 0 Å². The first kappa shape index (κ1) is 11.2. The first-order valence-electron chi connectivity index (χ1n) is 6.35. The molecule has 0 spiro atoms. The second kappa shape index (κ2) is 4.78. The van der Waals surface area contributed by atoms with E-state index in [1.54, 1.807) is 11.3 Å². The van der Waals surface area contributed by atoms with Crippen LogP contribution in [0.15, 0.2) is 17.5 Å². The molecule has 1 amide bonds. The van der Waals surface area contributed by atoms with Crippen LogP contribution in [0.4, 0.5) is 0 Å². The lowest BCUT2D eigenvalue weighted by atomic mass is 9.84. The van der Waals surface area contributed by atoms with Crippen LogP contribution >= 0.6 is 11.3 Å². The van der Waals surface area contributed by atoms with E-state index in [1.165, 1.54) is 25.9 Å². The Kier molecular flexibility index (Phi) is 3.16. The number of nitrogens with one attached hydrogen (secondary N) is 1. The summed E-state index contributed by atoms with van der Waals surface area (Å²) < 4.78 is 0. The van der Waals surface area contributed by atoms with Gasteiger partial charge < -0.3 is 10.2 Å². The molecule has 1 N–H and O–H groups in total. The second-order valence-electron chi connectivity index (χ2n) is 5.07. The van der Waals surface area contributed by atoms with Gasteiger partial charge in [0.2, 0.25) is 5.91 Å². The number of fused-ring (bicyclic) bond motifs is 3. The molecule has 1 aromatic heterocycles. The van der Waals surface area contributed by atoms with E-state index in [1.807, 2.05) is 17.5 Å². The van der Waals surface area contributed by atoms with Crippen molar-refractivity contribution < 1.29 is 4.79 Å². The third-order valence-corrected chi connectivity index (χ3v) is 4.79. The van der Waals surface area contributed by atoms with Gasteiger partial charge in [-0.2, -0.15) is 0 Å². The Morgan fingerprint density at radius 2 is 2.29 bits per heavy atom. The van der Waals surface area contributed by atoms with Gasteiger partial charge in [-0.3, -0.25) is 4.79 Å². The van der Waals surface area contributed by atoms with Crippen molar-refractivity contribution in [2.45, 2.75) is 25.3 Å². The Labute approximate surface area is 106 Å².